The van der Waals surface area contributed by atoms with Crippen LogP contribution in [0.1, 0.15) is 44.1 Å². The van der Waals surface area contributed by atoms with Gasteiger partial charge in [0, 0.05) is 18.0 Å². The highest BCUT2D eigenvalue weighted by atomic mass is 16.2. The number of nitrogens with one attached hydrogen (secondary N) is 1. The Hall–Kier alpha value is -1.36. The third-order valence-corrected chi connectivity index (χ3v) is 3.36. The van der Waals surface area contributed by atoms with Crippen molar-refractivity contribution >= 4 is 11.7 Å². The number of hydrogen-bond acceptors (Lipinski definition) is 4. The van der Waals surface area contributed by atoms with Gasteiger partial charge in [0.25, 0.3) is 5.91 Å². The number of hydrogen-bond donors (Lipinski definition) is 2. The van der Waals surface area contributed by atoms with Crippen LogP contribution in [0.25, 0.3) is 0 Å². The smallest absolute Gasteiger partial charge is 0.253 e. The van der Waals surface area contributed by atoms with Crippen molar-refractivity contribution in [3.63, 3.8) is 0 Å². The lowest BCUT2D eigenvalue weighted by molar-refractivity contribution is 0.0798. The third kappa shape index (κ3) is 2.56. The van der Waals surface area contributed by atoms with Crippen molar-refractivity contribution in [3.05, 3.63) is 11.8 Å². The maximum Gasteiger partial charge on any atom is 0.253 e. The number of carbonyl (C=O) groups excluding carboxylic acids is 1. The van der Waals surface area contributed by atoms with E-state index < -0.39 is 0 Å². The van der Waals surface area contributed by atoms with Gasteiger partial charge < -0.3 is 11.1 Å². The van der Waals surface area contributed by atoms with Gasteiger partial charge in [-0.1, -0.05) is 20.8 Å². The lowest BCUT2D eigenvalue weighted by Gasteiger charge is -2.21. The predicted octanol–water partition coefficient (Wildman–Crippen LogP) is 1.40. The Morgan fingerprint density at radius 3 is 2.78 bits per heavy atom. The second-order valence-electron chi connectivity index (χ2n) is 6.00. The Bertz CT molecular complexity index is 438. The summed E-state index contributed by atoms with van der Waals surface area (Å²) in [7, 11) is 0. The molecule has 5 nitrogen and oxygen atoms in total. The van der Waals surface area contributed by atoms with E-state index in [0.717, 1.165) is 31.6 Å². The lowest BCUT2D eigenvalue weighted by atomic mass is 9.92. The largest absolute Gasteiger partial charge is 0.383 e. The molecule has 1 saturated heterocycles. The van der Waals surface area contributed by atoms with Crippen LogP contribution in [-0.2, 0) is 5.41 Å². The van der Waals surface area contributed by atoms with Crippen molar-refractivity contribution in [2.45, 2.75) is 39.0 Å². The molecule has 1 fully saturated rings. The molecule has 5 heteroatoms. The monoisotopic (exact) mass is 250 g/mol. The van der Waals surface area contributed by atoms with Crippen LogP contribution in [0.4, 0.5) is 5.82 Å². The summed E-state index contributed by atoms with van der Waals surface area (Å²) in [4.78, 5) is 12.3. The number of nitrogens with zero attached hydrogens (tertiary/aromatic N) is 2. The standard InChI is InChI=1S/C13H22N4O/c1-13(2,3)10-7-11(14)17(16-10)12(18)9-5-4-6-15-8-9/h7,9,15H,4-6,8,14H2,1-3H3. The van der Waals surface area contributed by atoms with Gasteiger partial charge in [0.15, 0.2) is 0 Å². The summed E-state index contributed by atoms with van der Waals surface area (Å²) in [5.74, 6) is 0.444. The number of carbonyl (C=O) groups is 1. The van der Waals surface area contributed by atoms with Crippen molar-refractivity contribution in [1.29, 1.82) is 0 Å². The molecule has 0 bridgehead atoms. The summed E-state index contributed by atoms with van der Waals surface area (Å²) in [5, 5.41) is 7.61. The minimum atomic E-state index is -0.0928. The summed E-state index contributed by atoms with van der Waals surface area (Å²) in [6, 6.07) is 1.80. The zero-order valence-electron chi connectivity index (χ0n) is 11.4. The molecule has 0 amide bonds. The fourth-order valence-electron chi connectivity index (χ4n) is 2.17. The van der Waals surface area contributed by atoms with Gasteiger partial charge in [-0.05, 0) is 19.4 Å². The number of anilines is 1. The molecular formula is C13H22N4O. The Labute approximate surface area is 108 Å². The summed E-state index contributed by atoms with van der Waals surface area (Å²) in [5.41, 5.74) is 6.67. The van der Waals surface area contributed by atoms with E-state index in [-0.39, 0.29) is 17.2 Å². The van der Waals surface area contributed by atoms with Crippen molar-refractivity contribution < 1.29 is 4.79 Å². The highest BCUT2D eigenvalue weighted by molar-refractivity contribution is 5.83. The average Bonchev–Trinajstić information content (AvgIpc) is 2.71. The van der Waals surface area contributed by atoms with Gasteiger partial charge in [0.2, 0.25) is 0 Å². The minimum absolute atomic E-state index is 0.00577. The van der Waals surface area contributed by atoms with Gasteiger partial charge in [-0.25, -0.2) is 0 Å². The first kappa shape index (κ1) is 13.1. The van der Waals surface area contributed by atoms with Gasteiger partial charge in [0.05, 0.1) is 11.6 Å². The van der Waals surface area contributed by atoms with Crippen LogP contribution >= 0.6 is 0 Å². The van der Waals surface area contributed by atoms with Gasteiger partial charge in [-0.3, -0.25) is 4.79 Å². The molecule has 1 aromatic heterocycles. The highest BCUT2D eigenvalue weighted by Crippen LogP contribution is 2.24. The third-order valence-electron chi connectivity index (χ3n) is 3.36. The first-order valence-corrected chi connectivity index (χ1v) is 6.50. The number of aromatic nitrogens is 2. The van der Waals surface area contributed by atoms with Crippen molar-refractivity contribution in [2.24, 2.45) is 5.92 Å². The first-order valence-electron chi connectivity index (χ1n) is 6.50. The Morgan fingerprint density at radius 1 is 1.56 bits per heavy atom. The second-order valence-corrected chi connectivity index (χ2v) is 6.00. The molecule has 2 heterocycles. The Morgan fingerprint density at radius 2 is 2.28 bits per heavy atom. The van der Waals surface area contributed by atoms with Crippen LogP contribution in [0.3, 0.4) is 0 Å². The summed E-state index contributed by atoms with van der Waals surface area (Å²) in [6.45, 7) is 7.90. The van der Waals surface area contributed by atoms with Crippen LogP contribution in [0.15, 0.2) is 6.07 Å². The van der Waals surface area contributed by atoms with E-state index in [9.17, 15) is 4.79 Å². The summed E-state index contributed by atoms with van der Waals surface area (Å²) in [6.07, 6.45) is 1.94. The molecule has 0 aliphatic carbocycles. The molecule has 1 unspecified atom stereocenters. The highest BCUT2D eigenvalue weighted by Gasteiger charge is 2.27. The molecule has 3 N–H and O–H groups in total. The van der Waals surface area contributed by atoms with Crippen LogP contribution in [0.2, 0.25) is 0 Å². The molecule has 1 aliphatic heterocycles. The molecule has 18 heavy (non-hydrogen) atoms. The predicted molar refractivity (Wildman–Crippen MR) is 71.6 cm³/mol. The summed E-state index contributed by atoms with van der Waals surface area (Å²) >= 11 is 0. The Balaban J connectivity index is 2.22. The van der Waals surface area contributed by atoms with Crippen LogP contribution < -0.4 is 11.1 Å². The number of nitrogen functional groups attached to an aromatic ring is 1. The normalized spacial score (nSPS) is 20.9. The van der Waals surface area contributed by atoms with Crippen LogP contribution in [0, 0.1) is 5.92 Å². The van der Waals surface area contributed by atoms with Crippen LogP contribution in [-0.4, -0.2) is 28.8 Å². The van der Waals surface area contributed by atoms with E-state index in [1.165, 1.54) is 4.68 Å². The quantitative estimate of drug-likeness (QED) is 0.790. The molecule has 2 rings (SSSR count). The van der Waals surface area contributed by atoms with Crippen molar-refractivity contribution in [1.82, 2.24) is 15.1 Å². The molecule has 0 radical (unpaired) electrons. The second kappa shape index (κ2) is 4.72. The fourth-order valence-corrected chi connectivity index (χ4v) is 2.17. The topological polar surface area (TPSA) is 72.9 Å². The fraction of sp³-hybridized carbons (Fsp3) is 0.692. The molecular weight excluding hydrogens is 228 g/mol. The van der Waals surface area contributed by atoms with Gasteiger partial charge >= 0.3 is 0 Å². The first-order chi connectivity index (χ1) is 8.39. The van der Waals surface area contributed by atoms with Crippen LogP contribution in [0.5, 0.6) is 0 Å². The zero-order valence-corrected chi connectivity index (χ0v) is 11.4. The van der Waals surface area contributed by atoms with E-state index >= 15 is 0 Å². The number of piperidine rings is 1. The maximum absolute atomic E-state index is 12.3. The molecule has 0 aromatic carbocycles. The van der Waals surface area contributed by atoms with E-state index in [1.54, 1.807) is 6.07 Å². The molecule has 1 aliphatic rings. The van der Waals surface area contributed by atoms with Gasteiger partial charge in [-0.15, -0.1) is 0 Å². The Kier molecular flexibility index (Phi) is 3.43. The van der Waals surface area contributed by atoms with Gasteiger partial charge in [-0.2, -0.15) is 9.78 Å². The van der Waals surface area contributed by atoms with E-state index in [1.807, 2.05) is 0 Å². The molecule has 1 aromatic rings. The number of nitrogens with two attached hydrogens (primary N) is 1. The summed E-state index contributed by atoms with van der Waals surface area (Å²) < 4.78 is 1.37. The zero-order chi connectivity index (χ0) is 13.3. The molecule has 1 atom stereocenters. The minimum Gasteiger partial charge on any atom is -0.383 e. The number of rotatable bonds is 1. The molecule has 0 saturated carbocycles. The van der Waals surface area contributed by atoms with Crippen molar-refractivity contribution in [2.75, 3.05) is 18.8 Å². The van der Waals surface area contributed by atoms with E-state index in [4.69, 9.17) is 5.73 Å². The SMILES string of the molecule is CC(C)(C)c1cc(N)n(C(=O)C2CCCNC2)n1. The van der Waals surface area contributed by atoms with E-state index in [2.05, 4.69) is 31.2 Å². The average molecular weight is 250 g/mol. The molecule has 0 spiro atoms. The lowest BCUT2D eigenvalue weighted by Crippen LogP contribution is -2.37. The van der Waals surface area contributed by atoms with Crippen molar-refractivity contribution in [3.8, 4) is 0 Å². The van der Waals surface area contributed by atoms with E-state index in [0.29, 0.717) is 5.82 Å². The molecule has 100 valence electrons. The van der Waals surface area contributed by atoms with Gasteiger partial charge in [0.1, 0.15) is 5.82 Å². The maximum atomic E-state index is 12.3.